The average molecular weight is 433 g/mol. The van der Waals surface area contributed by atoms with E-state index in [1.807, 2.05) is 6.07 Å². The van der Waals surface area contributed by atoms with Crippen molar-refractivity contribution < 1.29 is 14.3 Å². The lowest BCUT2D eigenvalue weighted by Gasteiger charge is -2.12. The number of hydrogen-bond donors (Lipinski definition) is 2. The summed E-state index contributed by atoms with van der Waals surface area (Å²) in [6, 6.07) is 5.19. The summed E-state index contributed by atoms with van der Waals surface area (Å²) in [5, 5.41) is 5.67. The van der Waals surface area contributed by atoms with Crippen molar-refractivity contribution in [1.82, 2.24) is 5.32 Å². The topological polar surface area (TPSA) is 67.4 Å². The van der Waals surface area contributed by atoms with E-state index in [1.54, 1.807) is 19.2 Å². The summed E-state index contributed by atoms with van der Waals surface area (Å²) in [6.45, 7) is 4.48. The second-order valence-corrected chi connectivity index (χ2v) is 8.45. The number of carbonyl (C=O) groups is 2. The maximum atomic E-state index is 11.9. The zero-order valence-electron chi connectivity index (χ0n) is 20.1. The zero-order chi connectivity index (χ0) is 22.7. The highest BCUT2D eigenvalue weighted by atomic mass is 16.5. The van der Waals surface area contributed by atoms with Crippen LogP contribution < -0.4 is 15.4 Å². The first-order valence-corrected chi connectivity index (χ1v) is 12.3. The Kier molecular flexibility index (Phi) is 15.3. The van der Waals surface area contributed by atoms with Gasteiger partial charge in [-0.3, -0.25) is 14.9 Å². The Morgan fingerprint density at radius 2 is 1.32 bits per heavy atom. The SMILES string of the molecule is CCCCCCCCCCCCCCCCNc1ccc(C(=O)NC(C)=O)cc1OC. The van der Waals surface area contributed by atoms with Crippen LogP contribution in [0.25, 0.3) is 0 Å². The van der Waals surface area contributed by atoms with E-state index in [2.05, 4.69) is 17.6 Å². The largest absolute Gasteiger partial charge is 0.495 e. The molecule has 0 aliphatic rings. The first kappa shape index (κ1) is 27.0. The van der Waals surface area contributed by atoms with Crippen LogP contribution >= 0.6 is 0 Å². The normalized spacial score (nSPS) is 10.7. The first-order chi connectivity index (χ1) is 15.1. The van der Waals surface area contributed by atoms with E-state index in [0.29, 0.717) is 11.3 Å². The van der Waals surface area contributed by atoms with Crippen molar-refractivity contribution in [2.24, 2.45) is 0 Å². The number of hydrogen-bond acceptors (Lipinski definition) is 4. The number of amides is 2. The summed E-state index contributed by atoms with van der Waals surface area (Å²) in [4.78, 5) is 23.0. The quantitative estimate of drug-likeness (QED) is 0.249. The lowest BCUT2D eigenvalue weighted by atomic mass is 10.0. The van der Waals surface area contributed by atoms with Crippen molar-refractivity contribution in [1.29, 1.82) is 0 Å². The maximum Gasteiger partial charge on any atom is 0.257 e. The van der Waals surface area contributed by atoms with Gasteiger partial charge in [0.2, 0.25) is 5.91 Å². The fourth-order valence-electron chi connectivity index (χ4n) is 3.75. The highest BCUT2D eigenvalue weighted by molar-refractivity contribution is 6.04. The molecule has 0 saturated carbocycles. The van der Waals surface area contributed by atoms with Crippen molar-refractivity contribution in [3.05, 3.63) is 23.8 Å². The lowest BCUT2D eigenvalue weighted by Crippen LogP contribution is -2.27. The number of nitrogens with one attached hydrogen (secondary N) is 2. The van der Waals surface area contributed by atoms with Crippen LogP contribution in [0.2, 0.25) is 0 Å². The van der Waals surface area contributed by atoms with Gasteiger partial charge in [-0.25, -0.2) is 0 Å². The van der Waals surface area contributed by atoms with Crippen LogP contribution in [0.1, 0.15) is 114 Å². The van der Waals surface area contributed by atoms with Gasteiger partial charge in [0.15, 0.2) is 0 Å². The Morgan fingerprint density at radius 1 is 0.806 bits per heavy atom. The molecule has 0 heterocycles. The van der Waals surface area contributed by atoms with E-state index in [0.717, 1.165) is 18.7 Å². The van der Waals surface area contributed by atoms with Crippen LogP contribution in [0, 0.1) is 0 Å². The Morgan fingerprint density at radius 3 is 1.81 bits per heavy atom. The van der Waals surface area contributed by atoms with Gasteiger partial charge < -0.3 is 10.1 Å². The van der Waals surface area contributed by atoms with Gasteiger partial charge in [0, 0.05) is 19.0 Å². The van der Waals surface area contributed by atoms with Gasteiger partial charge in [-0.15, -0.1) is 0 Å². The van der Waals surface area contributed by atoms with Gasteiger partial charge in [0.25, 0.3) is 5.91 Å². The fourth-order valence-corrected chi connectivity index (χ4v) is 3.75. The summed E-state index contributed by atoms with van der Waals surface area (Å²) in [6.07, 6.45) is 18.9. The molecule has 1 rings (SSSR count). The number of methoxy groups -OCH3 is 1. The summed E-state index contributed by atoms with van der Waals surface area (Å²) >= 11 is 0. The van der Waals surface area contributed by atoms with Crippen LogP contribution in [-0.2, 0) is 4.79 Å². The maximum absolute atomic E-state index is 11.9. The van der Waals surface area contributed by atoms with Gasteiger partial charge >= 0.3 is 0 Å². The molecule has 0 atom stereocenters. The molecule has 1 aromatic carbocycles. The molecule has 0 unspecified atom stereocenters. The third-order valence-electron chi connectivity index (χ3n) is 5.60. The number of anilines is 1. The van der Waals surface area contributed by atoms with E-state index in [9.17, 15) is 9.59 Å². The molecular formula is C26H44N2O3. The van der Waals surface area contributed by atoms with Crippen LogP contribution in [0.5, 0.6) is 5.75 Å². The Bertz CT molecular complexity index is 631. The number of ether oxygens (including phenoxy) is 1. The molecule has 1 aromatic rings. The van der Waals surface area contributed by atoms with Crippen molar-refractivity contribution >= 4 is 17.5 Å². The molecule has 0 aliphatic carbocycles. The minimum Gasteiger partial charge on any atom is -0.495 e. The van der Waals surface area contributed by atoms with E-state index >= 15 is 0 Å². The molecule has 0 spiro atoms. The van der Waals surface area contributed by atoms with Gasteiger partial charge in [-0.05, 0) is 24.6 Å². The Hall–Kier alpha value is -2.04. The molecule has 2 amide bonds. The van der Waals surface area contributed by atoms with Gasteiger partial charge in [-0.1, -0.05) is 90.4 Å². The molecule has 0 radical (unpaired) electrons. The van der Waals surface area contributed by atoms with Gasteiger partial charge in [0.1, 0.15) is 5.75 Å². The van der Waals surface area contributed by atoms with Gasteiger partial charge in [-0.2, -0.15) is 0 Å². The second kappa shape index (κ2) is 17.6. The van der Waals surface area contributed by atoms with Crippen LogP contribution in [0.3, 0.4) is 0 Å². The minimum atomic E-state index is -0.413. The van der Waals surface area contributed by atoms with E-state index in [4.69, 9.17) is 4.74 Å². The molecule has 0 aromatic heterocycles. The number of carbonyl (C=O) groups excluding carboxylic acids is 2. The average Bonchev–Trinajstić information content (AvgIpc) is 2.76. The summed E-state index contributed by atoms with van der Waals surface area (Å²) in [5.41, 5.74) is 1.28. The standard InChI is InChI=1S/C26H44N2O3/c1-4-5-6-7-8-9-10-11-12-13-14-15-16-17-20-27-24-19-18-23(21-25(24)31-3)26(30)28-22(2)29/h18-19,21,27H,4-17,20H2,1-3H3,(H,28,29,30). The van der Waals surface area contributed by atoms with Crippen LogP contribution in [-0.4, -0.2) is 25.5 Å². The smallest absolute Gasteiger partial charge is 0.257 e. The fraction of sp³-hybridized carbons (Fsp3) is 0.692. The highest BCUT2D eigenvalue weighted by Crippen LogP contribution is 2.25. The molecule has 5 nitrogen and oxygen atoms in total. The molecule has 5 heteroatoms. The number of rotatable bonds is 18. The predicted octanol–water partition coefficient (Wildman–Crippen LogP) is 6.86. The molecule has 0 aliphatic heterocycles. The van der Waals surface area contributed by atoms with Crippen molar-refractivity contribution in [3.63, 3.8) is 0 Å². The molecule has 0 fully saturated rings. The molecular weight excluding hydrogens is 388 g/mol. The van der Waals surface area contributed by atoms with Crippen LogP contribution in [0.15, 0.2) is 18.2 Å². The molecule has 31 heavy (non-hydrogen) atoms. The molecule has 176 valence electrons. The molecule has 0 bridgehead atoms. The van der Waals surface area contributed by atoms with E-state index < -0.39 is 5.91 Å². The van der Waals surface area contributed by atoms with Gasteiger partial charge in [0.05, 0.1) is 12.8 Å². The van der Waals surface area contributed by atoms with Crippen molar-refractivity contribution in [2.45, 2.75) is 104 Å². The summed E-state index contributed by atoms with van der Waals surface area (Å²) in [5.74, 6) is -0.171. The summed E-state index contributed by atoms with van der Waals surface area (Å²) < 4.78 is 5.39. The number of imide groups is 1. The monoisotopic (exact) mass is 432 g/mol. The number of benzene rings is 1. The number of unbranched alkanes of at least 4 members (excludes halogenated alkanes) is 13. The first-order valence-electron chi connectivity index (χ1n) is 12.3. The van der Waals surface area contributed by atoms with Crippen molar-refractivity contribution in [2.75, 3.05) is 19.0 Å². The Labute approximate surface area is 189 Å². The Balaban J connectivity index is 2.07. The molecule has 2 N–H and O–H groups in total. The summed E-state index contributed by atoms with van der Waals surface area (Å²) in [7, 11) is 1.58. The molecule has 0 saturated heterocycles. The third kappa shape index (κ3) is 13.1. The minimum absolute atomic E-state index is 0.371. The van der Waals surface area contributed by atoms with Crippen LogP contribution in [0.4, 0.5) is 5.69 Å². The van der Waals surface area contributed by atoms with E-state index in [-0.39, 0.29) is 5.91 Å². The second-order valence-electron chi connectivity index (χ2n) is 8.45. The zero-order valence-corrected chi connectivity index (χ0v) is 20.1. The third-order valence-corrected chi connectivity index (χ3v) is 5.60. The van der Waals surface area contributed by atoms with E-state index in [1.165, 1.54) is 90.4 Å². The highest BCUT2D eigenvalue weighted by Gasteiger charge is 2.11. The predicted molar refractivity (Wildman–Crippen MR) is 130 cm³/mol. The van der Waals surface area contributed by atoms with Crippen molar-refractivity contribution in [3.8, 4) is 5.75 Å². The lowest BCUT2D eigenvalue weighted by molar-refractivity contribution is -0.118.